The molecule has 2 atom stereocenters. The monoisotopic (exact) mass is 226 g/mol. The summed E-state index contributed by atoms with van der Waals surface area (Å²) in [6, 6.07) is 1.33. The first-order valence-corrected chi connectivity index (χ1v) is 6.38. The van der Waals surface area contributed by atoms with Crippen molar-refractivity contribution >= 4 is 6.09 Å². The van der Waals surface area contributed by atoms with E-state index in [9.17, 15) is 4.79 Å². The molecule has 16 heavy (non-hydrogen) atoms. The molecule has 0 aromatic heterocycles. The second kappa shape index (κ2) is 5.04. The average molecular weight is 226 g/mol. The maximum Gasteiger partial charge on any atom is 0.409 e. The number of carbonyl (C=O) groups is 1. The lowest BCUT2D eigenvalue weighted by Crippen LogP contribution is -2.50. The lowest BCUT2D eigenvalue weighted by molar-refractivity contribution is 0.0818. The van der Waals surface area contributed by atoms with Crippen LogP contribution in [-0.4, -0.2) is 42.8 Å². The van der Waals surface area contributed by atoms with Crippen LogP contribution < -0.4 is 5.32 Å². The molecule has 1 aliphatic carbocycles. The van der Waals surface area contributed by atoms with Gasteiger partial charge in [0.05, 0.1) is 6.61 Å². The molecule has 2 fully saturated rings. The molecule has 4 nitrogen and oxygen atoms in total. The number of amides is 1. The fourth-order valence-corrected chi connectivity index (χ4v) is 2.33. The molecule has 1 N–H and O–H groups in total. The van der Waals surface area contributed by atoms with Gasteiger partial charge in [0.15, 0.2) is 0 Å². The highest BCUT2D eigenvalue weighted by Crippen LogP contribution is 2.24. The predicted octanol–water partition coefficient (Wildman–Crippen LogP) is 1.61. The second-order valence-corrected chi connectivity index (χ2v) is 4.96. The fourth-order valence-electron chi connectivity index (χ4n) is 2.33. The van der Waals surface area contributed by atoms with Crippen LogP contribution in [0.4, 0.5) is 4.79 Å². The van der Waals surface area contributed by atoms with Crippen molar-refractivity contribution in [2.24, 2.45) is 5.92 Å². The quantitative estimate of drug-likeness (QED) is 0.795. The predicted molar refractivity (Wildman–Crippen MR) is 62.3 cm³/mol. The molecule has 0 aromatic carbocycles. The van der Waals surface area contributed by atoms with Gasteiger partial charge in [-0.3, -0.25) is 0 Å². The summed E-state index contributed by atoms with van der Waals surface area (Å²) in [4.78, 5) is 13.4. The molecule has 0 bridgehead atoms. The Morgan fingerprint density at radius 2 is 2.19 bits per heavy atom. The maximum atomic E-state index is 11.6. The SMILES string of the molecule is CCOC(=O)N1CCC(NC2CC2)C(C)C1. The molecule has 2 rings (SSSR count). The first-order chi connectivity index (χ1) is 7.70. The van der Waals surface area contributed by atoms with Crippen molar-refractivity contribution in [3.63, 3.8) is 0 Å². The van der Waals surface area contributed by atoms with Gasteiger partial charge in [0.2, 0.25) is 0 Å². The summed E-state index contributed by atoms with van der Waals surface area (Å²) in [5.41, 5.74) is 0. The summed E-state index contributed by atoms with van der Waals surface area (Å²) in [5, 5.41) is 3.66. The summed E-state index contributed by atoms with van der Waals surface area (Å²) in [6.45, 7) is 6.18. The lowest BCUT2D eigenvalue weighted by atomic mass is 9.94. The Hall–Kier alpha value is -0.770. The summed E-state index contributed by atoms with van der Waals surface area (Å²) in [7, 11) is 0. The van der Waals surface area contributed by atoms with Crippen LogP contribution >= 0.6 is 0 Å². The summed E-state index contributed by atoms with van der Waals surface area (Å²) in [6.07, 6.45) is 3.55. The molecule has 2 unspecified atom stereocenters. The van der Waals surface area contributed by atoms with Crippen LogP contribution in [0.2, 0.25) is 0 Å². The summed E-state index contributed by atoms with van der Waals surface area (Å²) in [5.74, 6) is 0.527. The van der Waals surface area contributed by atoms with Crippen molar-refractivity contribution in [1.82, 2.24) is 10.2 Å². The molecule has 4 heteroatoms. The van der Waals surface area contributed by atoms with E-state index in [-0.39, 0.29) is 6.09 Å². The Morgan fingerprint density at radius 1 is 1.44 bits per heavy atom. The molecule has 92 valence electrons. The molecular weight excluding hydrogens is 204 g/mol. The molecule has 0 radical (unpaired) electrons. The van der Waals surface area contributed by atoms with Gasteiger partial charge >= 0.3 is 6.09 Å². The van der Waals surface area contributed by atoms with Crippen LogP contribution in [0, 0.1) is 5.92 Å². The van der Waals surface area contributed by atoms with Crippen LogP contribution in [0.1, 0.15) is 33.1 Å². The van der Waals surface area contributed by atoms with Gasteiger partial charge in [-0.05, 0) is 32.1 Å². The van der Waals surface area contributed by atoms with Crippen molar-refractivity contribution in [1.29, 1.82) is 0 Å². The minimum absolute atomic E-state index is 0.153. The number of hydrogen-bond donors (Lipinski definition) is 1. The van der Waals surface area contributed by atoms with Gasteiger partial charge in [-0.2, -0.15) is 0 Å². The number of carbonyl (C=O) groups excluding carboxylic acids is 1. The fraction of sp³-hybridized carbons (Fsp3) is 0.917. The Bertz CT molecular complexity index is 253. The molecule has 1 saturated carbocycles. The van der Waals surface area contributed by atoms with E-state index in [0.29, 0.717) is 18.6 Å². The number of nitrogens with zero attached hydrogens (tertiary/aromatic N) is 1. The number of hydrogen-bond acceptors (Lipinski definition) is 3. The number of likely N-dealkylation sites (tertiary alicyclic amines) is 1. The van der Waals surface area contributed by atoms with Crippen molar-refractivity contribution in [2.75, 3.05) is 19.7 Å². The summed E-state index contributed by atoms with van der Waals surface area (Å²) >= 11 is 0. The molecular formula is C12H22N2O2. The van der Waals surface area contributed by atoms with E-state index in [1.807, 2.05) is 11.8 Å². The van der Waals surface area contributed by atoms with Gasteiger partial charge in [0.25, 0.3) is 0 Å². The van der Waals surface area contributed by atoms with Crippen LogP contribution in [0.5, 0.6) is 0 Å². The third kappa shape index (κ3) is 2.88. The van der Waals surface area contributed by atoms with E-state index >= 15 is 0 Å². The van der Waals surface area contributed by atoms with E-state index in [2.05, 4.69) is 12.2 Å². The van der Waals surface area contributed by atoms with Crippen molar-refractivity contribution in [3.05, 3.63) is 0 Å². The minimum atomic E-state index is -0.153. The highest BCUT2D eigenvalue weighted by molar-refractivity contribution is 5.67. The van der Waals surface area contributed by atoms with E-state index < -0.39 is 0 Å². The first kappa shape index (κ1) is 11.7. The van der Waals surface area contributed by atoms with E-state index in [1.165, 1.54) is 12.8 Å². The third-order valence-corrected chi connectivity index (χ3v) is 3.46. The van der Waals surface area contributed by atoms with Crippen LogP contribution in [0.3, 0.4) is 0 Å². The molecule has 1 amide bonds. The summed E-state index contributed by atoms with van der Waals surface area (Å²) < 4.78 is 5.02. The van der Waals surface area contributed by atoms with Gasteiger partial charge in [-0.25, -0.2) is 4.79 Å². The highest BCUT2D eigenvalue weighted by Gasteiger charge is 2.32. The topological polar surface area (TPSA) is 41.6 Å². The van der Waals surface area contributed by atoms with Gasteiger partial charge in [-0.1, -0.05) is 6.92 Å². The maximum absolute atomic E-state index is 11.6. The smallest absolute Gasteiger partial charge is 0.409 e. The van der Waals surface area contributed by atoms with Gasteiger partial charge in [-0.15, -0.1) is 0 Å². The van der Waals surface area contributed by atoms with E-state index in [4.69, 9.17) is 4.74 Å². The lowest BCUT2D eigenvalue weighted by Gasteiger charge is -2.36. The Kier molecular flexibility index (Phi) is 3.69. The number of ether oxygens (including phenoxy) is 1. The number of rotatable bonds is 3. The molecule has 1 heterocycles. The number of piperidine rings is 1. The third-order valence-electron chi connectivity index (χ3n) is 3.46. The van der Waals surface area contributed by atoms with E-state index in [1.54, 1.807) is 0 Å². The Labute approximate surface area is 97.3 Å². The van der Waals surface area contributed by atoms with Crippen LogP contribution in [0.15, 0.2) is 0 Å². The van der Waals surface area contributed by atoms with Gasteiger partial charge < -0.3 is 15.0 Å². The van der Waals surface area contributed by atoms with Gasteiger partial charge in [0.1, 0.15) is 0 Å². The Morgan fingerprint density at radius 3 is 2.75 bits per heavy atom. The normalized spacial score (nSPS) is 30.2. The van der Waals surface area contributed by atoms with Crippen molar-refractivity contribution in [3.8, 4) is 0 Å². The highest BCUT2D eigenvalue weighted by atomic mass is 16.6. The minimum Gasteiger partial charge on any atom is -0.450 e. The number of nitrogens with one attached hydrogen (secondary N) is 1. The standard InChI is InChI=1S/C12H22N2O2/c1-3-16-12(15)14-7-6-11(9(2)8-14)13-10-4-5-10/h9-11,13H,3-8H2,1-2H3. The Balaban J connectivity index is 1.78. The molecule has 2 aliphatic rings. The molecule has 0 spiro atoms. The molecule has 1 saturated heterocycles. The van der Waals surface area contributed by atoms with Crippen molar-refractivity contribution in [2.45, 2.75) is 45.2 Å². The zero-order valence-corrected chi connectivity index (χ0v) is 10.2. The van der Waals surface area contributed by atoms with Gasteiger partial charge in [0, 0.05) is 25.2 Å². The van der Waals surface area contributed by atoms with Crippen LogP contribution in [0.25, 0.3) is 0 Å². The van der Waals surface area contributed by atoms with Crippen LogP contribution in [-0.2, 0) is 4.74 Å². The van der Waals surface area contributed by atoms with E-state index in [0.717, 1.165) is 25.6 Å². The van der Waals surface area contributed by atoms with Crippen molar-refractivity contribution < 1.29 is 9.53 Å². The average Bonchev–Trinajstić information content (AvgIpc) is 3.05. The molecule has 0 aromatic rings. The molecule has 1 aliphatic heterocycles. The second-order valence-electron chi connectivity index (χ2n) is 4.96. The zero-order valence-electron chi connectivity index (χ0n) is 10.2. The zero-order chi connectivity index (χ0) is 11.5. The first-order valence-electron chi connectivity index (χ1n) is 6.38. The largest absolute Gasteiger partial charge is 0.450 e.